The number of halogens is 1. The number of aromatic nitrogens is 1. The highest BCUT2D eigenvalue weighted by Crippen LogP contribution is 2.32. The molecule has 0 radical (unpaired) electrons. The molecule has 5 nitrogen and oxygen atoms in total. The van der Waals surface area contributed by atoms with Crippen molar-refractivity contribution in [1.29, 1.82) is 0 Å². The molecule has 1 aliphatic heterocycles. The van der Waals surface area contributed by atoms with Crippen LogP contribution in [0.2, 0.25) is 0 Å². The van der Waals surface area contributed by atoms with Gasteiger partial charge in [-0.2, -0.15) is 0 Å². The van der Waals surface area contributed by atoms with Crippen LogP contribution in [-0.4, -0.2) is 35.4 Å². The maximum atomic E-state index is 13.1. The predicted octanol–water partition coefficient (Wildman–Crippen LogP) is 2.49. The van der Waals surface area contributed by atoms with E-state index in [0.717, 1.165) is 36.9 Å². The number of hydrogen-bond donors (Lipinski definition) is 2. The molecule has 1 saturated heterocycles. The molecule has 0 unspecified atom stereocenters. The molecule has 2 atom stereocenters. The summed E-state index contributed by atoms with van der Waals surface area (Å²) in [5, 5.41) is 0. The summed E-state index contributed by atoms with van der Waals surface area (Å²) in [5.74, 6) is 0.274. The van der Waals surface area contributed by atoms with E-state index in [0.29, 0.717) is 19.6 Å². The van der Waals surface area contributed by atoms with Crippen LogP contribution in [0.4, 0.5) is 0 Å². The fourth-order valence-electron chi connectivity index (χ4n) is 4.36. The Labute approximate surface area is 165 Å². The highest BCUT2D eigenvalue weighted by Gasteiger charge is 2.36. The van der Waals surface area contributed by atoms with Gasteiger partial charge in [0.25, 0.3) is 11.5 Å². The van der Waals surface area contributed by atoms with Gasteiger partial charge in [-0.1, -0.05) is 30.3 Å². The number of benzene rings is 1. The van der Waals surface area contributed by atoms with Crippen molar-refractivity contribution in [2.24, 2.45) is 11.7 Å². The van der Waals surface area contributed by atoms with Crippen LogP contribution in [0, 0.1) is 5.92 Å². The van der Waals surface area contributed by atoms with Gasteiger partial charge in [0, 0.05) is 24.7 Å². The molecular formula is C21H26ClN3O2. The van der Waals surface area contributed by atoms with E-state index in [-0.39, 0.29) is 41.3 Å². The molecule has 27 heavy (non-hydrogen) atoms. The number of nitrogens with two attached hydrogens (primary N) is 1. The summed E-state index contributed by atoms with van der Waals surface area (Å²) < 4.78 is 0. The summed E-state index contributed by atoms with van der Waals surface area (Å²) in [6.45, 7) is 1.75. The van der Waals surface area contributed by atoms with E-state index in [1.54, 1.807) is 4.90 Å². The Morgan fingerprint density at radius 2 is 1.89 bits per heavy atom. The van der Waals surface area contributed by atoms with Crippen LogP contribution in [0.15, 0.2) is 41.2 Å². The van der Waals surface area contributed by atoms with Crippen LogP contribution in [-0.2, 0) is 12.8 Å². The standard InChI is InChI=1S/C21H25N3O2.ClH/c22-11-16-12-24(13-18(16)14-6-2-1-3-7-14)21(26)17-10-15-8-4-5-9-19(15)23-20(17)25;/h1-3,6-7,10,16,18H,4-5,8-9,11-13,22H2,(H,23,25);1H/t16-,18+;/m1./s1. The first-order valence-electron chi connectivity index (χ1n) is 9.46. The molecule has 4 rings (SSSR count). The fraction of sp³-hybridized carbons (Fsp3) is 0.429. The van der Waals surface area contributed by atoms with E-state index in [2.05, 4.69) is 17.1 Å². The monoisotopic (exact) mass is 387 g/mol. The van der Waals surface area contributed by atoms with Crippen LogP contribution in [0.25, 0.3) is 0 Å². The van der Waals surface area contributed by atoms with Gasteiger partial charge >= 0.3 is 0 Å². The minimum absolute atomic E-state index is 0. The molecule has 2 aliphatic rings. The molecule has 6 heteroatoms. The molecular weight excluding hydrogens is 362 g/mol. The second-order valence-corrected chi connectivity index (χ2v) is 7.45. The zero-order valence-electron chi connectivity index (χ0n) is 15.3. The minimum Gasteiger partial charge on any atom is -0.337 e. The third-order valence-electron chi connectivity index (χ3n) is 5.83. The largest absolute Gasteiger partial charge is 0.337 e. The van der Waals surface area contributed by atoms with Crippen LogP contribution in [0.1, 0.15) is 45.9 Å². The number of pyridine rings is 1. The summed E-state index contributed by atoms with van der Waals surface area (Å²) in [5.41, 5.74) is 9.32. The Kier molecular flexibility index (Phi) is 6.02. The lowest BCUT2D eigenvalue weighted by molar-refractivity contribution is 0.0784. The maximum absolute atomic E-state index is 13.1. The Bertz CT molecular complexity index is 865. The number of aromatic amines is 1. The average molecular weight is 388 g/mol. The topological polar surface area (TPSA) is 79.2 Å². The first kappa shape index (κ1) is 19.6. The molecule has 1 aromatic carbocycles. The third kappa shape index (κ3) is 3.80. The number of nitrogens with zero attached hydrogens (tertiary/aromatic N) is 1. The third-order valence-corrected chi connectivity index (χ3v) is 5.83. The van der Waals surface area contributed by atoms with Crippen molar-refractivity contribution in [2.75, 3.05) is 19.6 Å². The number of aryl methyl sites for hydroxylation is 2. The van der Waals surface area contributed by atoms with Crippen molar-refractivity contribution >= 4 is 18.3 Å². The van der Waals surface area contributed by atoms with E-state index < -0.39 is 0 Å². The molecule has 3 N–H and O–H groups in total. The molecule has 2 aromatic rings. The van der Waals surface area contributed by atoms with Gasteiger partial charge in [0.2, 0.25) is 0 Å². The number of carbonyl (C=O) groups excluding carboxylic acids is 1. The van der Waals surface area contributed by atoms with Crippen molar-refractivity contribution in [3.63, 3.8) is 0 Å². The van der Waals surface area contributed by atoms with Gasteiger partial charge in [-0.25, -0.2) is 0 Å². The number of fused-ring (bicyclic) bond motifs is 1. The number of rotatable bonds is 3. The zero-order chi connectivity index (χ0) is 18.1. The van der Waals surface area contributed by atoms with Gasteiger partial charge < -0.3 is 15.6 Å². The first-order chi connectivity index (χ1) is 12.7. The molecule has 1 fully saturated rings. The zero-order valence-corrected chi connectivity index (χ0v) is 16.1. The summed E-state index contributed by atoms with van der Waals surface area (Å²) in [4.78, 5) is 30.3. The Hall–Kier alpha value is -2.11. The summed E-state index contributed by atoms with van der Waals surface area (Å²) in [6.07, 6.45) is 4.04. The summed E-state index contributed by atoms with van der Waals surface area (Å²) in [6, 6.07) is 12.0. The van der Waals surface area contributed by atoms with Crippen molar-refractivity contribution in [2.45, 2.75) is 31.6 Å². The number of hydrogen-bond acceptors (Lipinski definition) is 3. The molecule has 1 aromatic heterocycles. The lowest BCUT2D eigenvalue weighted by Crippen LogP contribution is -2.34. The van der Waals surface area contributed by atoms with E-state index in [1.165, 1.54) is 5.56 Å². The number of amides is 1. The van der Waals surface area contributed by atoms with Gasteiger partial charge in [-0.15, -0.1) is 12.4 Å². The highest BCUT2D eigenvalue weighted by molar-refractivity contribution is 5.94. The van der Waals surface area contributed by atoms with Crippen molar-refractivity contribution in [3.8, 4) is 0 Å². The molecule has 0 bridgehead atoms. The predicted molar refractivity (Wildman–Crippen MR) is 109 cm³/mol. The van der Waals surface area contributed by atoms with E-state index in [1.807, 2.05) is 24.3 Å². The van der Waals surface area contributed by atoms with Crippen molar-refractivity contribution < 1.29 is 4.79 Å². The van der Waals surface area contributed by atoms with Gasteiger partial charge in [-0.3, -0.25) is 9.59 Å². The number of likely N-dealkylation sites (tertiary alicyclic amines) is 1. The van der Waals surface area contributed by atoms with Crippen LogP contribution in [0.3, 0.4) is 0 Å². The number of H-pyrrole nitrogens is 1. The molecule has 1 aliphatic carbocycles. The Morgan fingerprint density at radius 3 is 2.63 bits per heavy atom. The summed E-state index contributed by atoms with van der Waals surface area (Å²) >= 11 is 0. The second kappa shape index (κ2) is 8.28. The lowest BCUT2D eigenvalue weighted by atomic mass is 9.89. The molecule has 0 spiro atoms. The fourth-order valence-corrected chi connectivity index (χ4v) is 4.36. The van der Waals surface area contributed by atoms with Crippen LogP contribution >= 0.6 is 12.4 Å². The first-order valence-corrected chi connectivity index (χ1v) is 9.46. The van der Waals surface area contributed by atoms with Crippen molar-refractivity contribution in [1.82, 2.24) is 9.88 Å². The minimum atomic E-state index is -0.261. The van der Waals surface area contributed by atoms with E-state index in [4.69, 9.17) is 5.73 Å². The molecule has 0 saturated carbocycles. The molecule has 2 heterocycles. The normalized spacial score (nSPS) is 21.4. The smallest absolute Gasteiger partial charge is 0.261 e. The number of carbonyl (C=O) groups is 1. The van der Waals surface area contributed by atoms with Gasteiger partial charge in [0.1, 0.15) is 5.56 Å². The van der Waals surface area contributed by atoms with Crippen molar-refractivity contribution in [3.05, 3.63) is 69.1 Å². The second-order valence-electron chi connectivity index (χ2n) is 7.45. The SMILES string of the molecule is Cl.NC[C@@H]1CN(C(=O)c2cc3c([nH]c2=O)CCCC3)C[C@H]1c1ccccc1. The number of nitrogens with one attached hydrogen (secondary N) is 1. The van der Waals surface area contributed by atoms with Crippen LogP contribution < -0.4 is 11.3 Å². The highest BCUT2D eigenvalue weighted by atomic mass is 35.5. The van der Waals surface area contributed by atoms with Crippen LogP contribution in [0.5, 0.6) is 0 Å². The Morgan fingerprint density at radius 1 is 1.15 bits per heavy atom. The average Bonchev–Trinajstić information content (AvgIpc) is 3.12. The lowest BCUT2D eigenvalue weighted by Gasteiger charge is -2.19. The van der Waals surface area contributed by atoms with Gasteiger partial charge in [0.15, 0.2) is 0 Å². The Balaban J connectivity index is 0.00000210. The van der Waals surface area contributed by atoms with E-state index in [9.17, 15) is 9.59 Å². The summed E-state index contributed by atoms with van der Waals surface area (Å²) in [7, 11) is 0. The maximum Gasteiger partial charge on any atom is 0.261 e. The van der Waals surface area contributed by atoms with E-state index >= 15 is 0 Å². The quantitative estimate of drug-likeness (QED) is 0.849. The van der Waals surface area contributed by atoms with Gasteiger partial charge in [-0.05, 0) is 55.3 Å². The molecule has 1 amide bonds. The molecule has 144 valence electrons. The van der Waals surface area contributed by atoms with Gasteiger partial charge in [0.05, 0.1) is 0 Å².